The highest BCUT2D eigenvalue weighted by Crippen LogP contribution is 2.39. The molecule has 0 saturated heterocycles. The van der Waals surface area contributed by atoms with Crippen molar-refractivity contribution in [3.05, 3.63) is 140 Å². The lowest BCUT2D eigenvalue weighted by Gasteiger charge is -2.11. The molecule has 0 unspecified atom stereocenters. The predicted octanol–water partition coefficient (Wildman–Crippen LogP) is 15.6. The van der Waals surface area contributed by atoms with E-state index in [1.165, 1.54) is 61.2 Å². The Morgan fingerprint density at radius 3 is 0.939 bits per heavy atom. The van der Waals surface area contributed by atoms with Gasteiger partial charge in [0.2, 0.25) is 0 Å². The van der Waals surface area contributed by atoms with Crippen LogP contribution >= 0.6 is 130 Å². The second kappa shape index (κ2) is 22.5. The average Bonchev–Trinajstić information content (AvgIpc) is 3.10. The van der Waals surface area contributed by atoms with Gasteiger partial charge in [-0.05, 0) is 61.2 Å². The molecule has 0 aromatic heterocycles. The van der Waals surface area contributed by atoms with Crippen LogP contribution in [0, 0.1) is 0 Å². The topological polar surface area (TPSA) is 0 Å². The van der Waals surface area contributed by atoms with Crippen molar-refractivity contribution in [1.29, 1.82) is 0 Å². The molecule has 0 fully saturated rings. The summed E-state index contributed by atoms with van der Waals surface area (Å²) in [7, 11) is 24.0. The molecule has 2 heterocycles. The molecule has 0 N–H and O–H groups in total. The fourth-order valence-electron chi connectivity index (χ4n) is 5.37. The van der Waals surface area contributed by atoms with E-state index < -0.39 is 0 Å². The molecule has 10 bridgehead atoms. The minimum absolute atomic E-state index is 1.04. The third-order valence-corrected chi connectivity index (χ3v) is 21.2. The molecule has 0 radical (unpaired) electrons. The first-order chi connectivity index (χ1) is 24.2. The summed E-state index contributed by atoms with van der Waals surface area (Å²) in [5.41, 5.74) is 16.0. The van der Waals surface area contributed by atoms with Crippen LogP contribution in [0.2, 0.25) is 0 Å². The largest absolute Gasteiger partial charge is 0.0941 e. The maximum atomic E-state index is 2.47. The van der Waals surface area contributed by atoms with Gasteiger partial charge in [-0.15, -0.1) is 0 Å². The van der Waals surface area contributed by atoms with Crippen LogP contribution in [0.5, 0.6) is 0 Å². The predicted molar refractivity (Wildman–Crippen MR) is 248 cm³/mol. The standard InChI is InChI=1S/C37H40S12/c1-2-38-39-18-29-7-30-9-31(8-29)22-45-47-24-35-11-33-13-37(15-35)26-49-48-25-36-12-32(10-34(14-36)23-46-44-21-30)19-42-40-16-27-4-3-5-28(6-27)17-41-43-20-33/h3-15H,2,16-26H2,1H3. The maximum absolute atomic E-state index is 2.47. The molecule has 12 heteroatoms. The highest BCUT2D eigenvalue weighted by atomic mass is 33.1. The summed E-state index contributed by atoms with van der Waals surface area (Å²) < 4.78 is 0. The molecule has 0 aliphatic carbocycles. The Bertz CT molecular complexity index is 1520. The van der Waals surface area contributed by atoms with E-state index in [4.69, 9.17) is 0 Å². The van der Waals surface area contributed by atoms with E-state index >= 15 is 0 Å². The second-order valence-corrected chi connectivity index (χ2v) is 26.7. The summed E-state index contributed by atoms with van der Waals surface area (Å²) in [5.74, 6) is 12.7. The highest BCUT2D eigenvalue weighted by molar-refractivity contribution is 8.77. The summed E-state index contributed by atoms with van der Waals surface area (Å²) in [6, 6.07) is 31.4. The Balaban J connectivity index is 1.26. The van der Waals surface area contributed by atoms with Crippen LogP contribution < -0.4 is 0 Å². The zero-order chi connectivity index (χ0) is 33.5. The number of rotatable bonds is 4. The van der Waals surface area contributed by atoms with E-state index in [2.05, 4.69) is 85.8 Å². The average molecular weight is 870 g/mol. The number of hydrogen-bond donors (Lipinski definition) is 0. The van der Waals surface area contributed by atoms with Gasteiger partial charge in [0.25, 0.3) is 0 Å². The molecule has 0 nitrogen and oxygen atoms in total. The molecule has 4 aromatic rings. The van der Waals surface area contributed by atoms with Crippen LogP contribution in [-0.4, -0.2) is 5.75 Å². The van der Waals surface area contributed by atoms with Gasteiger partial charge >= 0.3 is 0 Å². The zero-order valence-corrected chi connectivity index (χ0v) is 37.2. The lowest BCUT2D eigenvalue weighted by Crippen LogP contribution is -1.91. The van der Waals surface area contributed by atoms with Crippen LogP contribution in [0.4, 0.5) is 0 Å². The lowest BCUT2D eigenvalue weighted by atomic mass is 10.1. The smallest absolute Gasteiger partial charge is 0.0289 e. The molecule has 0 atom stereocenters. The summed E-state index contributed by atoms with van der Waals surface area (Å²) >= 11 is 0. The third-order valence-electron chi connectivity index (χ3n) is 7.43. The summed E-state index contributed by atoms with van der Waals surface area (Å²) in [4.78, 5) is 0. The van der Waals surface area contributed by atoms with Gasteiger partial charge in [0, 0.05) is 69.0 Å². The zero-order valence-electron chi connectivity index (χ0n) is 27.4. The number of benzene rings is 4. The van der Waals surface area contributed by atoms with Gasteiger partial charge in [0.05, 0.1) is 0 Å². The van der Waals surface area contributed by atoms with Crippen molar-refractivity contribution in [3.63, 3.8) is 0 Å². The van der Waals surface area contributed by atoms with Crippen molar-refractivity contribution in [2.45, 2.75) is 70.2 Å². The Labute approximate surface area is 341 Å². The van der Waals surface area contributed by atoms with Gasteiger partial charge in [0.1, 0.15) is 0 Å². The number of fused-ring (bicyclic) bond motifs is 11. The molecule has 49 heavy (non-hydrogen) atoms. The molecular weight excluding hydrogens is 829 g/mol. The molecule has 6 rings (SSSR count). The Morgan fingerprint density at radius 2 is 0.633 bits per heavy atom. The van der Waals surface area contributed by atoms with E-state index in [-0.39, 0.29) is 0 Å². The van der Waals surface area contributed by atoms with Crippen LogP contribution in [0.3, 0.4) is 0 Å². The van der Waals surface area contributed by atoms with Crippen LogP contribution in [-0.2, 0) is 63.3 Å². The Morgan fingerprint density at radius 1 is 0.367 bits per heavy atom. The molecule has 2 aliphatic rings. The first kappa shape index (κ1) is 39.8. The molecule has 0 spiro atoms. The second-order valence-electron chi connectivity index (χ2n) is 11.6. The maximum Gasteiger partial charge on any atom is 0.0289 e. The van der Waals surface area contributed by atoms with Gasteiger partial charge in [0.15, 0.2) is 0 Å². The summed E-state index contributed by atoms with van der Waals surface area (Å²) in [5, 5.41) is 0. The van der Waals surface area contributed by atoms with E-state index in [9.17, 15) is 0 Å². The van der Waals surface area contributed by atoms with E-state index in [0.717, 1.165) is 69.0 Å². The Kier molecular flexibility index (Phi) is 18.2. The van der Waals surface area contributed by atoms with Crippen molar-refractivity contribution in [2.75, 3.05) is 5.75 Å². The normalized spacial score (nSPS) is 17.0. The SMILES string of the molecule is CCSSCc1cc2cc(c1)CSSCc1cc3cc(c1)CSSCc1cc(cc(c1)CSSC2)CSSCc1cccc(c1)CSSC3. The summed E-state index contributed by atoms with van der Waals surface area (Å²) in [6.45, 7) is 2.24. The molecule has 2 aliphatic heterocycles. The van der Waals surface area contributed by atoms with Crippen molar-refractivity contribution in [2.24, 2.45) is 0 Å². The highest BCUT2D eigenvalue weighted by Gasteiger charge is 2.10. The molecule has 0 amide bonds. The van der Waals surface area contributed by atoms with E-state index in [1.54, 1.807) is 0 Å². The van der Waals surface area contributed by atoms with Crippen LogP contribution in [0.25, 0.3) is 0 Å². The monoisotopic (exact) mass is 868 g/mol. The van der Waals surface area contributed by atoms with Crippen molar-refractivity contribution in [3.8, 4) is 0 Å². The third kappa shape index (κ3) is 14.3. The first-order valence-electron chi connectivity index (χ1n) is 16.1. The fraction of sp³-hybridized carbons (Fsp3) is 0.351. The molecular formula is C37H40S12. The van der Waals surface area contributed by atoms with Gasteiger partial charge in [-0.2, -0.15) is 0 Å². The van der Waals surface area contributed by atoms with Gasteiger partial charge in [-0.1, -0.05) is 215 Å². The van der Waals surface area contributed by atoms with Crippen molar-refractivity contribution < 1.29 is 0 Å². The molecule has 260 valence electrons. The van der Waals surface area contributed by atoms with Crippen LogP contribution in [0.1, 0.15) is 68.1 Å². The summed E-state index contributed by atoms with van der Waals surface area (Å²) in [6.07, 6.45) is 0. The minimum Gasteiger partial charge on any atom is -0.0941 e. The van der Waals surface area contributed by atoms with E-state index in [0.29, 0.717) is 0 Å². The lowest BCUT2D eigenvalue weighted by molar-refractivity contribution is 1.27. The van der Waals surface area contributed by atoms with Gasteiger partial charge < -0.3 is 0 Å². The minimum atomic E-state index is 1.04. The quantitative estimate of drug-likeness (QED) is 0.142. The van der Waals surface area contributed by atoms with Gasteiger partial charge in [-0.25, -0.2) is 0 Å². The van der Waals surface area contributed by atoms with Crippen LogP contribution in [0.15, 0.2) is 78.9 Å². The Hall–Kier alpha value is 1.08. The van der Waals surface area contributed by atoms with Crippen molar-refractivity contribution >= 4 is 130 Å². The molecule has 4 aromatic carbocycles. The van der Waals surface area contributed by atoms with E-state index in [1.807, 2.05) is 130 Å². The van der Waals surface area contributed by atoms with Crippen molar-refractivity contribution in [1.82, 2.24) is 0 Å². The van der Waals surface area contributed by atoms with Gasteiger partial charge in [-0.3, -0.25) is 0 Å². The first-order valence-corrected chi connectivity index (χ1v) is 31.0. The molecule has 0 saturated carbocycles. The fourth-order valence-corrected chi connectivity index (χ4v) is 17.5. The number of hydrogen-bond acceptors (Lipinski definition) is 12.